The smallest absolute Gasteiger partial charge is 0.126 e. The van der Waals surface area contributed by atoms with Crippen molar-refractivity contribution < 1.29 is 4.74 Å². The topological polar surface area (TPSA) is 58.2 Å². The number of aromatic nitrogens is 1. The van der Waals surface area contributed by atoms with Crippen molar-refractivity contribution in [3.05, 3.63) is 23.9 Å². The minimum absolute atomic E-state index is 0.528. The van der Waals surface area contributed by atoms with Gasteiger partial charge in [-0.15, -0.1) is 0 Å². The maximum atomic E-state index is 5.63. The lowest BCUT2D eigenvalue weighted by molar-refractivity contribution is 0.0526. The molecule has 1 aromatic heterocycles. The van der Waals surface area contributed by atoms with Crippen LogP contribution in [0.4, 0.5) is 5.82 Å². The predicted molar refractivity (Wildman–Crippen MR) is 89.2 cm³/mol. The lowest BCUT2D eigenvalue weighted by Gasteiger charge is -2.33. The molecule has 3 unspecified atom stereocenters. The van der Waals surface area contributed by atoms with Gasteiger partial charge in [0.1, 0.15) is 5.82 Å². The molecule has 5 heteroatoms. The highest BCUT2D eigenvalue weighted by Crippen LogP contribution is 2.29. The molecule has 0 aromatic carbocycles. The molecule has 3 rings (SSSR count). The van der Waals surface area contributed by atoms with Crippen molar-refractivity contribution in [2.45, 2.75) is 38.3 Å². The van der Waals surface area contributed by atoms with E-state index in [1.54, 1.807) is 0 Å². The first-order valence-corrected chi connectivity index (χ1v) is 8.55. The molecule has 2 aliphatic rings. The van der Waals surface area contributed by atoms with Gasteiger partial charge in [-0.1, -0.05) is 12.5 Å². The Morgan fingerprint density at radius 2 is 2.27 bits per heavy atom. The fraction of sp³-hybridized carbons (Fsp3) is 0.706. The summed E-state index contributed by atoms with van der Waals surface area (Å²) in [5.74, 6) is 1.67. The van der Waals surface area contributed by atoms with Gasteiger partial charge < -0.3 is 20.7 Å². The van der Waals surface area contributed by atoms with Gasteiger partial charge in [-0.2, -0.15) is 0 Å². The molecule has 1 saturated carbocycles. The number of anilines is 1. The molecule has 0 amide bonds. The van der Waals surface area contributed by atoms with E-state index >= 15 is 0 Å². The highest BCUT2D eigenvalue weighted by molar-refractivity contribution is 5.34. The number of rotatable bonds is 6. The molecule has 2 fully saturated rings. The third-order valence-corrected chi connectivity index (χ3v) is 4.76. The van der Waals surface area contributed by atoms with Gasteiger partial charge in [0.2, 0.25) is 0 Å². The summed E-state index contributed by atoms with van der Waals surface area (Å²) >= 11 is 0. The zero-order chi connectivity index (χ0) is 15.2. The number of nitrogens with zero attached hydrogens (tertiary/aromatic N) is 1. The maximum absolute atomic E-state index is 5.63. The van der Waals surface area contributed by atoms with Gasteiger partial charge in [-0.3, -0.25) is 0 Å². The van der Waals surface area contributed by atoms with Gasteiger partial charge in [0.25, 0.3) is 0 Å². The monoisotopic (exact) mass is 304 g/mol. The van der Waals surface area contributed by atoms with Crippen LogP contribution in [-0.2, 0) is 4.74 Å². The van der Waals surface area contributed by atoms with Crippen molar-refractivity contribution in [2.75, 3.05) is 38.2 Å². The van der Waals surface area contributed by atoms with Crippen molar-refractivity contribution >= 4 is 5.82 Å². The average molecular weight is 304 g/mol. The molecule has 0 bridgehead atoms. The molecule has 1 aliphatic heterocycles. The summed E-state index contributed by atoms with van der Waals surface area (Å²) in [6.45, 7) is 6.63. The number of aryl methyl sites for hydroxylation is 1. The second-order valence-corrected chi connectivity index (χ2v) is 6.38. The number of hydrogen-bond donors (Lipinski definition) is 3. The lowest BCUT2D eigenvalue weighted by Crippen LogP contribution is -2.51. The molecule has 3 atom stereocenters. The third kappa shape index (κ3) is 4.18. The molecule has 122 valence electrons. The van der Waals surface area contributed by atoms with Gasteiger partial charge >= 0.3 is 0 Å². The first kappa shape index (κ1) is 15.7. The highest BCUT2D eigenvalue weighted by atomic mass is 16.5. The SMILES string of the molecule is Cc1cccc(NCCNC2CCCC2C2COCCN2)n1. The predicted octanol–water partition coefficient (Wildman–Crippen LogP) is 1.55. The van der Waals surface area contributed by atoms with Crippen LogP contribution in [0.5, 0.6) is 0 Å². The van der Waals surface area contributed by atoms with Gasteiger partial charge in [0, 0.05) is 37.4 Å². The van der Waals surface area contributed by atoms with E-state index in [2.05, 4.69) is 20.9 Å². The van der Waals surface area contributed by atoms with Gasteiger partial charge in [-0.25, -0.2) is 4.98 Å². The number of nitrogens with one attached hydrogen (secondary N) is 3. The number of hydrogen-bond acceptors (Lipinski definition) is 5. The van der Waals surface area contributed by atoms with Gasteiger partial charge in [-0.05, 0) is 37.8 Å². The Morgan fingerprint density at radius 1 is 1.32 bits per heavy atom. The lowest BCUT2D eigenvalue weighted by atomic mass is 9.94. The van der Waals surface area contributed by atoms with Crippen LogP contribution in [0.15, 0.2) is 18.2 Å². The van der Waals surface area contributed by atoms with E-state index in [-0.39, 0.29) is 0 Å². The van der Waals surface area contributed by atoms with E-state index in [9.17, 15) is 0 Å². The zero-order valence-electron chi connectivity index (χ0n) is 13.5. The summed E-state index contributed by atoms with van der Waals surface area (Å²) in [7, 11) is 0. The summed E-state index contributed by atoms with van der Waals surface area (Å²) in [6.07, 6.45) is 3.92. The van der Waals surface area contributed by atoms with Crippen molar-refractivity contribution in [1.82, 2.24) is 15.6 Å². The van der Waals surface area contributed by atoms with E-state index in [1.165, 1.54) is 19.3 Å². The molecule has 0 radical (unpaired) electrons. The van der Waals surface area contributed by atoms with E-state index in [1.807, 2.05) is 25.1 Å². The number of ether oxygens (including phenoxy) is 1. The summed E-state index contributed by atoms with van der Waals surface area (Å²) in [5.41, 5.74) is 1.05. The van der Waals surface area contributed by atoms with Crippen LogP contribution >= 0.6 is 0 Å². The van der Waals surface area contributed by atoms with Crippen LogP contribution < -0.4 is 16.0 Å². The van der Waals surface area contributed by atoms with Crippen molar-refractivity contribution in [3.63, 3.8) is 0 Å². The maximum Gasteiger partial charge on any atom is 0.126 e. The van der Waals surface area contributed by atoms with E-state index < -0.39 is 0 Å². The summed E-state index contributed by atoms with van der Waals surface area (Å²) in [6, 6.07) is 7.23. The van der Waals surface area contributed by atoms with Crippen molar-refractivity contribution in [3.8, 4) is 0 Å². The first-order valence-electron chi connectivity index (χ1n) is 8.55. The summed E-state index contributed by atoms with van der Waals surface area (Å²) in [4.78, 5) is 4.47. The Bertz CT molecular complexity index is 462. The Kier molecular flexibility index (Phi) is 5.64. The molecule has 22 heavy (non-hydrogen) atoms. The highest BCUT2D eigenvalue weighted by Gasteiger charge is 2.34. The van der Waals surface area contributed by atoms with Crippen molar-refractivity contribution in [2.24, 2.45) is 5.92 Å². The van der Waals surface area contributed by atoms with Crippen molar-refractivity contribution in [1.29, 1.82) is 0 Å². The van der Waals surface area contributed by atoms with E-state index in [0.717, 1.165) is 44.4 Å². The minimum atomic E-state index is 0.528. The second-order valence-electron chi connectivity index (χ2n) is 6.38. The van der Waals surface area contributed by atoms with Crippen LogP contribution in [0.1, 0.15) is 25.0 Å². The van der Waals surface area contributed by atoms with Crippen LogP contribution in [0.3, 0.4) is 0 Å². The van der Waals surface area contributed by atoms with Crippen LogP contribution in [0.2, 0.25) is 0 Å². The van der Waals surface area contributed by atoms with Gasteiger partial charge in [0.05, 0.1) is 13.2 Å². The molecule has 1 aromatic rings. The molecule has 1 saturated heterocycles. The molecular weight excluding hydrogens is 276 g/mol. The van der Waals surface area contributed by atoms with Crippen LogP contribution in [-0.4, -0.2) is 49.9 Å². The largest absolute Gasteiger partial charge is 0.379 e. The Morgan fingerprint density at radius 3 is 3.09 bits per heavy atom. The molecule has 2 heterocycles. The Hall–Kier alpha value is -1.17. The Labute approximate surface area is 133 Å². The molecule has 1 aliphatic carbocycles. The molecule has 3 N–H and O–H groups in total. The quantitative estimate of drug-likeness (QED) is 0.696. The standard InChI is InChI=1S/C17H28N4O/c1-13-4-2-7-17(21-13)20-9-8-18-15-6-3-5-14(15)16-12-22-11-10-19-16/h2,4,7,14-16,18-19H,3,5-6,8-12H2,1H3,(H,20,21). The number of pyridine rings is 1. The third-order valence-electron chi connectivity index (χ3n) is 4.76. The van der Waals surface area contributed by atoms with Crippen LogP contribution in [0, 0.1) is 12.8 Å². The fourth-order valence-electron chi connectivity index (χ4n) is 3.67. The average Bonchev–Trinajstić information content (AvgIpc) is 3.01. The Balaban J connectivity index is 1.40. The minimum Gasteiger partial charge on any atom is -0.379 e. The number of morpholine rings is 1. The second kappa shape index (κ2) is 7.90. The molecule has 5 nitrogen and oxygen atoms in total. The fourth-order valence-corrected chi connectivity index (χ4v) is 3.67. The van der Waals surface area contributed by atoms with E-state index in [4.69, 9.17) is 4.74 Å². The van der Waals surface area contributed by atoms with E-state index in [0.29, 0.717) is 18.0 Å². The van der Waals surface area contributed by atoms with Crippen LogP contribution in [0.25, 0.3) is 0 Å². The molecule has 0 spiro atoms. The van der Waals surface area contributed by atoms with Gasteiger partial charge in [0.15, 0.2) is 0 Å². The zero-order valence-corrected chi connectivity index (χ0v) is 13.5. The normalized spacial score (nSPS) is 28.7. The molecular formula is C17H28N4O. The first-order chi connectivity index (χ1) is 10.8. The summed E-state index contributed by atoms with van der Waals surface area (Å²) in [5, 5.41) is 10.7. The summed E-state index contributed by atoms with van der Waals surface area (Å²) < 4.78 is 5.63.